The summed E-state index contributed by atoms with van der Waals surface area (Å²) >= 11 is 0. The SMILES string of the molecule is CCCCCCCC1CCC(C2CCC(c3ccc(C#N)c(F)c3)CC2)CC1. The Labute approximate surface area is 171 Å². The molecule has 0 aromatic heterocycles. The van der Waals surface area contributed by atoms with E-state index in [9.17, 15) is 4.39 Å². The van der Waals surface area contributed by atoms with Gasteiger partial charge in [-0.3, -0.25) is 0 Å². The number of rotatable bonds is 8. The third kappa shape index (κ3) is 5.82. The van der Waals surface area contributed by atoms with Crippen LogP contribution in [0.2, 0.25) is 0 Å². The van der Waals surface area contributed by atoms with Gasteiger partial charge in [-0.2, -0.15) is 5.26 Å². The van der Waals surface area contributed by atoms with Crippen molar-refractivity contribution in [2.75, 3.05) is 0 Å². The summed E-state index contributed by atoms with van der Waals surface area (Å²) in [6.45, 7) is 2.29. The second-order valence-corrected chi connectivity index (χ2v) is 9.45. The molecule has 0 N–H and O–H groups in total. The molecular formula is C26H38FN. The molecule has 28 heavy (non-hydrogen) atoms. The van der Waals surface area contributed by atoms with Gasteiger partial charge in [-0.1, -0.05) is 64.4 Å². The monoisotopic (exact) mass is 383 g/mol. The van der Waals surface area contributed by atoms with Crippen LogP contribution in [0.3, 0.4) is 0 Å². The van der Waals surface area contributed by atoms with Crippen molar-refractivity contribution in [3.05, 3.63) is 35.1 Å². The van der Waals surface area contributed by atoms with E-state index in [4.69, 9.17) is 5.26 Å². The second-order valence-electron chi connectivity index (χ2n) is 9.45. The summed E-state index contributed by atoms with van der Waals surface area (Å²) in [6.07, 6.45) is 19.3. The molecule has 0 spiro atoms. The maximum atomic E-state index is 13.9. The van der Waals surface area contributed by atoms with Gasteiger partial charge in [0, 0.05) is 0 Å². The summed E-state index contributed by atoms with van der Waals surface area (Å²) in [5.41, 5.74) is 1.27. The minimum absolute atomic E-state index is 0.166. The minimum atomic E-state index is -0.352. The molecule has 3 rings (SSSR count). The third-order valence-corrected chi connectivity index (χ3v) is 7.63. The highest BCUT2D eigenvalue weighted by molar-refractivity contribution is 5.34. The van der Waals surface area contributed by atoms with E-state index in [0.717, 1.165) is 23.3 Å². The Morgan fingerprint density at radius 2 is 1.54 bits per heavy atom. The van der Waals surface area contributed by atoms with Crippen molar-refractivity contribution >= 4 is 0 Å². The molecular weight excluding hydrogens is 345 g/mol. The van der Waals surface area contributed by atoms with Crippen molar-refractivity contribution in [3.8, 4) is 6.07 Å². The molecule has 2 saturated carbocycles. The lowest BCUT2D eigenvalue weighted by molar-refractivity contribution is 0.155. The molecule has 0 unspecified atom stereocenters. The van der Waals surface area contributed by atoms with Crippen LogP contribution in [0.15, 0.2) is 18.2 Å². The van der Waals surface area contributed by atoms with E-state index in [1.807, 2.05) is 12.1 Å². The molecule has 1 aromatic carbocycles. The highest BCUT2D eigenvalue weighted by Gasteiger charge is 2.31. The Hall–Kier alpha value is -1.36. The van der Waals surface area contributed by atoms with Crippen molar-refractivity contribution < 1.29 is 4.39 Å². The molecule has 2 aliphatic rings. The molecule has 0 saturated heterocycles. The molecule has 0 aliphatic heterocycles. The number of halogens is 1. The molecule has 154 valence electrons. The van der Waals surface area contributed by atoms with E-state index in [0.29, 0.717) is 5.92 Å². The maximum Gasteiger partial charge on any atom is 0.141 e. The Kier molecular flexibility index (Phi) is 8.38. The zero-order chi connectivity index (χ0) is 19.8. The molecule has 0 amide bonds. The van der Waals surface area contributed by atoms with E-state index >= 15 is 0 Å². The standard InChI is InChI=1S/C26H38FN/c1-2-3-4-5-6-7-20-8-10-21(11-9-20)22-12-14-23(15-13-22)24-16-17-25(19-28)26(27)18-24/h16-18,20-23H,2-15H2,1H3. The molecule has 2 fully saturated rings. The Balaban J connectivity index is 1.38. The molecule has 0 bridgehead atoms. The molecule has 1 nitrogen and oxygen atoms in total. The summed E-state index contributed by atoms with van der Waals surface area (Å²) in [5.74, 6) is 2.96. The van der Waals surface area contributed by atoms with Crippen molar-refractivity contribution in [2.24, 2.45) is 17.8 Å². The van der Waals surface area contributed by atoms with E-state index in [1.165, 1.54) is 89.9 Å². The zero-order valence-corrected chi connectivity index (χ0v) is 17.8. The van der Waals surface area contributed by atoms with Gasteiger partial charge in [0.05, 0.1) is 5.56 Å². The second kappa shape index (κ2) is 11.0. The van der Waals surface area contributed by atoms with Crippen LogP contribution < -0.4 is 0 Å². The average Bonchev–Trinajstić information content (AvgIpc) is 2.74. The van der Waals surface area contributed by atoms with Crippen LogP contribution in [0.25, 0.3) is 0 Å². The van der Waals surface area contributed by atoms with Crippen LogP contribution in [0, 0.1) is 34.9 Å². The molecule has 2 aliphatic carbocycles. The van der Waals surface area contributed by atoms with Crippen LogP contribution >= 0.6 is 0 Å². The van der Waals surface area contributed by atoms with Crippen LogP contribution in [0.4, 0.5) is 4.39 Å². The Morgan fingerprint density at radius 1 is 0.893 bits per heavy atom. The summed E-state index contributed by atoms with van der Waals surface area (Å²) in [4.78, 5) is 0. The molecule has 0 atom stereocenters. The van der Waals surface area contributed by atoms with E-state index in [2.05, 4.69) is 6.92 Å². The number of benzene rings is 1. The largest absolute Gasteiger partial charge is 0.206 e. The topological polar surface area (TPSA) is 23.8 Å². The number of nitriles is 1. The Morgan fingerprint density at radius 3 is 2.14 bits per heavy atom. The van der Waals surface area contributed by atoms with E-state index < -0.39 is 0 Å². The van der Waals surface area contributed by atoms with Crippen molar-refractivity contribution in [2.45, 2.75) is 103 Å². The lowest BCUT2D eigenvalue weighted by Crippen LogP contribution is -2.25. The molecule has 1 aromatic rings. The van der Waals surface area contributed by atoms with E-state index in [-0.39, 0.29) is 11.4 Å². The van der Waals surface area contributed by atoms with Gasteiger partial charge in [0.1, 0.15) is 11.9 Å². The predicted octanol–water partition coefficient (Wildman–Crippen LogP) is 8.14. The van der Waals surface area contributed by atoms with Crippen molar-refractivity contribution in [1.29, 1.82) is 5.26 Å². The van der Waals surface area contributed by atoms with Gasteiger partial charge in [-0.25, -0.2) is 4.39 Å². The number of unbranched alkanes of at least 4 members (excludes halogenated alkanes) is 4. The zero-order valence-electron chi connectivity index (χ0n) is 17.8. The highest BCUT2D eigenvalue weighted by atomic mass is 19.1. The van der Waals surface area contributed by atoms with Crippen LogP contribution in [0.1, 0.15) is 114 Å². The lowest BCUT2D eigenvalue weighted by Gasteiger charge is -2.38. The highest BCUT2D eigenvalue weighted by Crippen LogP contribution is 2.44. The lowest BCUT2D eigenvalue weighted by atomic mass is 9.68. The smallest absolute Gasteiger partial charge is 0.141 e. The first-order valence-corrected chi connectivity index (χ1v) is 11.9. The first-order valence-electron chi connectivity index (χ1n) is 11.9. The fraction of sp³-hybridized carbons (Fsp3) is 0.731. The van der Waals surface area contributed by atoms with Crippen molar-refractivity contribution in [3.63, 3.8) is 0 Å². The fourth-order valence-electron chi connectivity index (χ4n) is 5.78. The molecule has 2 heteroatoms. The van der Waals surface area contributed by atoms with Gasteiger partial charge < -0.3 is 0 Å². The van der Waals surface area contributed by atoms with Gasteiger partial charge in [0.15, 0.2) is 0 Å². The van der Waals surface area contributed by atoms with Crippen molar-refractivity contribution in [1.82, 2.24) is 0 Å². The van der Waals surface area contributed by atoms with Gasteiger partial charge >= 0.3 is 0 Å². The van der Waals surface area contributed by atoms with Crippen LogP contribution in [-0.2, 0) is 0 Å². The normalized spacial score (nSPS) is 28.0. The van der Waals surface area contributed by atoms with Gasteiger partial charge in [0.2, 0.25) is 0 Å². The van der Waals surface area contributed by atoms with Crippen LogP contribution in [0.5, 0.6) is 0 Å². The first-order chi connectivity index (χ1) is 13.7. The van der Waals surface area contributed by atoms with Crippen LogP contribution in [-0.4, -0.2) is 0 Å². The predicted molar refractivity (Wildman–Crippen MR) is 115 cm³/mol. The first kappa shape index (κ1) is 21.4. The maximum absolute atomic E-state index is 13.9. The summed E-state index contributed by atoms with van der Waals surface area (Å²) in [7, 11) is 0. The average molecular weight is 384 g/mol. The summed E-state index contributed by atoms with van der Waals surface area (Å²) < 4.78 is 13.9. The molecule has 0 heterocycles. The minimum Gasteiger partial charge on any atom is -0.206 e. The number of nitrogens with zero attached hydrogens (tertiary/aromatic N) is 1. The van der Waals surface area contributed by atoms with Gasteiger partial charge in [-0.15, -0.1) is 0 Å². The fourth-order valence-corrected chi connectivity index (χ4v) is 5.78. The number of hydrogen-bond acceptors (Lipinski definition) is 1. The Bertz CT molecular complexity index is 630. The summed E-state index contributed by atoms with van der Waals surface area (Å²) in [6, 6.07) is 7.16. The van der Waals surface area contributed by atoms with E-state index in [1.54, 1.807) is 12.1 Å². The summed E-state index contributed by atoms with van der Waals surface area (Å²) in [5, 5.41) is 8.91. The third-order valence-electron chi connectivity index (χ3n) is 7.63. The molecule has 0 radical (unpaired) electrons. The number of hydrogen-bond donors (Lipinski definition) is 0. The van der Waals surface area contributed by atoms with Gasteiger partial charge in [0.25, 0.3) is 0 Å². The quantitative estimate of drug-likeness (QED) is 0.416. The van der Waals surface area contributed by atoms with Gasteiger partial charge in [-0.05, 0) is 79.9 Å².